The number of likely N-dealkylation sites (tertiary alicyclic amines) is 1. The minimum Gasteiger partial charge on any atom is -0.379 e. The molecule has 25 heavy (non-hydrogen) atoms. The summed E-state index contributed by atoms with van der Waals surface area (Å²) in [5.41, 5.74) is 1.08. The van der Waals surface area contributed by atoms with E-state index in [0.717, 1.165) is 5.56 Å². The largest absolute Gasteiger partial charge is 0.379 e. The van der Waals surface area contributed by atoms with E-state index < -0.39 is 5.82 Å². The van der Waals surface area contributed by atoms with Crippen molar-refractivity contribution in [1.82, 2.24) is 9.88 Å². The number of carbonyl (C=O) groups excluding carboxylic acids is 1. The normalized spacial score (nSPS) is 25.2. The van der Waals surface area contributed by atoms with Gasteiger partial charge in [0.1, 0.15) is 5.82 Å². The van der Waals surface area contributed by atoms with Crippen molar-refractivity contribution in [1.29, 1.82) is 0 Å². The third-order valence-electron chi connectivity index (χ3n) is 4.90. The summed E-state index contributed by atoms with van der Waals surface area (Å²) in [6.45, 7) is 1.91. The number of fused-ring (bicyclic) bond motifs is 1. The van der Waals surface area contributed by atoms with Gasteiger partial charge in [-0.2, -0.15) is 0 Å². The minimum absolute atomic E-state index is 0.0639. The van der Waals surface area contributed by atoms with Crippen LogP contribution < -0.4 is 0 Å². The van der Waals surface area contributed by atoms with E-state index in [9.17, 15) is 9.18 Å². The van der Waals surface area contributed by atoms with Gasteiger partial charge in [0.25, 0.3) is 5.91 Å². The van der Waals surface area contributed by atoms with Crippen LogP contribution in [0, 0.1) is 11.7 Å². The molecule has 2 aliphatic heterocycles. The quantitative estimate of drug-likeness (QED) is 0.855. The van der Waals surface area contributed by atoms with E-state index in [1.54, 1.807) is 29.4 Å². The number of hydrogen-bond donors (Lipinski definition) is 0. The van der Waals surface area contributed by atoms with Crippen molar-refractivity contribution in [3.05, 3.63) is 65.7 Å². The molecule has 6 heteroatoms. The number of carbonyl (C=O) groups is 1. The van der Waals surface area contributed by atoms with Gasteiger partial charge in [-0.05, 0) is 23.8 Å². The molecule has 4 rings (SSSR count). The van der Waals surface area contributed by atoms with Crippen LogP contribution in [0.3, 0.4) is 0 Å². The second kappa shape index (κ2) is 6.90. The van der Waals surface area contributed by atoms with Crippen LogP contribution in [0.15, 0.2) is 48.8 Å². The Morgan fingerprint density at radius 3 is 2.96 bits per heavy atom. The molecule has 0 saturated carbocycles. The summed E-state index contributed by atoms with van der Waals surface area (Å²) >= 11 is 0. The summed E-state index contributed by atoms with van der Waals surface area (Å²) in [6, 6.07) is 9.83. The molecule has 0 radical (unpaired) electrons. The number of hydrogen-bond acceptors (Lipinski definition) is 4. The number of pyridine rings is 1. The number of aromatic nitrogens is 1. The summed E-state index contributed by atoms with van der Waals surface area (Å²) in [7, 11) is 0. The molecular formula is C19H19FN2O3. The van der Waals surface area contributed by atoms with Crippen molar-refractivity contribution in [3.63, 3.8) is 0 Å². The minimum atomic E-state index is -0.498. The van der Waals surface area contributed by atoms with Gasteiger partial charge in [-0.3, -0.25) is 9.78 Å². The summed E-state index contributed by atoms with van der Waals surface area (Å²) < 4.78 is 25.6. The van der Waals surface area contributed by atoms with E-state index >= 15 is 0 Å². The van der Waals surface area contributed by atoms with Gasteiger partial charge in [-0.1, -0.05) is 18.2 Å². The van der Waals surface area contributed by atoms with Crippen LogP contribution in [0.5, 0.6) is 0 Å². The molecule has 1 aromatic heterocycles. The highest BCUT2D eigenvalue weighted by molar-refractivity contribution is 5.95. The molecule has 0 spiro atoms. The van der Waals surface area contributed by atoms with Crippen molar-refractivity contribution in [2.75, 3.05) is 19.8 Å². The number of amides is 1. The summed E-state index contributed by atoms with van der Waals surface area (Å²) in [5, 5.41) is 0. The number of nitrogens with zero attached hydrogens (tertiary/aromatic N) is 2. The Hall–Kier alpha value is -2.31. The molecule has 3 heterocycles. The maximum Gasteiger partial charge on any atom is 0.257 e. The fourth-order valence-electron chi connectivity index (χ4n) is 3.59. The van der Waals surface area contributed by atoms with E-state index in [-0.39, 0.29) is 29.5 Å². The highest BCUT2D eigenvalue weighted by atomic mass is 19.1. The monoisotopic (exact) mass is 342 g/mol. The van der Waals surface area contributed by atoms with Crippen LogP contribution >= 0.6 is 0 Å². The lowest BCUT2D eigenvalue weighted by Gasteiger charge is -2.22. The highest BCUT2D eigenvalue weighted by Gasteiger charge is 2.48. The molecule has 0 unspecified atom stereocenters. The molecule has 2 aromatic rings. The summed E-state index contributed by atoms with van der Waals surface area (Å²) in [6.07, 6.45) is 3.36. The third kappa shape index (κ3) is 3.15. The predicted molar refractivity (Wildman–Crippen MR) is 88.3 cm³/mol. The molecule has 2 saturated heterocycles. The van der Waals surface area contributed by atoms with E-state index in [0.29, 0.717) is 26.4 Å². The number of halogens is 1. The smallest absolute Gasteiger partial charge is 0.257 e. The van der Waals surface area contributed by atoms with E-state index in [2.05, 4.69) is 4.98 Å². The second-order valence-corrected chi connectivity index (χ2v) is 6.42. The standard InChI is InChI=1S/C19H19FN2O3/c20-16-6-2-1-5-14(16)19(23)22-9-18(15-11-24-12-17(15)22)25-10-13-4-3-7-21-8-13/h1-8,15,17-18H,9-12H2/t15-,17+,18-/m1/s1. The maximum absolute atomic E-state index is 14.0. The molecule has 3 atom stereocenters. The van der Waals surface area contributed by atoms with Crippen LogP contribution in [0.4, 0.5) is 4.39 Å². The summed E-state index contributed by atoms with van der Waals surface area (Å²) in [4.78, 5) is 18.6. The molecule has 2 fully saturated rings. The van der Waals surface area contributed by atoms with Crippen molar-refractivity contribution in [2.24, 2.45) is 5.92 Å². The zero-order chi connectivity index (χ0) is 17.2. The molecule has 0 bridgehead atoms. The average molecular weight is 342 g/mol. The lowest BCUT2D eigenvalue weighted by Crippen LogP contribution is -2.38. The van der Waals surface area contributed by atoms with Crippen LogP contribution in [-0.2, 0) is 16.1 Å². The summed E-state index contributed by atoms with van der Waals surface area (Å²) in [5.74, 6) is -0.679. The van der Waals surface area contributed by atoms with Gasteiger partial charge >= 0.3 is 0 Å². The Bertz CT molecular complexity index is 755. The topological polar surface area (TPSA) is 51.7 Å². The van der Waals surface area contributed by atoms with Gasteiger partial charge in [0.05, 0.1) is 37.5 Å². The lowest BCUT2D eigenvalue weighted by molar-refractivity contribution is 0.00921. The molecule has 130 valence electrons. The molecule has 5 nitrogen and oxygen atoms in total. The second-order valence-electron chi connectivity index (χ2n) is 6.42. The van der Waals surface area contributed by atoms with Crippen LogP contribution in [0.1, 0.15) is 15.9 Å². The van der Waals surface area contributed by atoms with Crippen molar-refractivity contribution in [3.8, 4) is 0 Å². The lowest BCUT2D eigenvalue weighted by atomic mass is 10.0. The highest BCUT2D eigenvalue weighted by Crippen LogP contribution is 2.33. The number of ether oxygens (including phenoxy) is 2. The Morgan fingerprint density at radius 2 is 2.16 bits per heavy atom. The Morgan fingerprint density at radius 1 is 1.28 bits per heavy atom. The van der Waals surface area contributed by atoms with Gasteiger partial charge in [-0.25, -0.2) is 4.39 Å². The van der Waals surface area contributed by atoms with E-state index in [4.69, 9.17) is 9.47 Å². The predicted octanol–water partition coefficient (Wildman–Crippen LogP) is 2.28. The van der Waals surface area contributed by atoms with Crippen LogP contribution in [0.2, 0.25) is 0 Å². The van der Waals surface area contributed by atoms with Crippen LogP contribution in [0.25, 0.3) is 0 Å². The van der Waals surface area contributed by atoms with Gasteiger partial charge in [0.2, 0.25) is 0 Å². The fraction of sp³-hybridized carbons (Fsp3) is 0.368. The SMILES string of the molecule is O=C(c1ccccc1F)N1C[C@@H](OCc2cccnc2)[C@@H]2COC[C@@H]21. The third-order valence-corrected chi connectivity index (χ3v) is 4.90. The maximum atomic E-state index is 14.0. The molecule has 0 aliphatic carbocycles. The molecule has 1 amide bonds. The zero-order valence-corrected chi connectivity index (χ0v) is 13.7. The molecule has 1 aromatic carbocycles. The van der Waals surface area contributed by atoms with Crippen molar-refractivity contribution < 1.29 is 18.7 Å². The number of benzene rings is 1. The zero-order valence-electron chi connectivity index (χ0n) is 13.7. The van der Waals surface area contributed by atoms with Crippen molar-refractivity contribution in [2.45, 2.75) is 18.8 Å². The molecule has 2 aliphatic rings. The van der Waals surface area contributed by atoms with E-state index in [1.165, 1.54) is 12.1 Å². The Balaban J connectivity index is 1.49. The first kappa shape index (κ1) is 16.2. The average Bonchev–Trinajstić information content (AvgIpc) is 3.24. The van der Waals surface area contributed by atoms with E-state index in [1.807, 2.05) is 12.1 Å². The fourth-order valence-corrected chi connectivity index (χ4v) is 3.59. The first-order valence-electron chi connectivity index (χ1n) is 8.38. The first-order valence-corrected chi connectivity index (χ1v) is 8.38. The van der Waals surface area contributed by atoms with Gasteiger partial charge in [-0.15, -0.1) is 0 Å². The molecule has 0 N–H and O–H groups in total. The van der Waals surface area contributed by atoms with Gasteiger partial charge < -0.3 is 14.4 Å². The van der Waals surface area contributed by atoms with Crippen molar-refractivity contribution >= 4 is 5.91 Å². The molecular weight excluding hydrogens is 323 g/mol. The van der Waals surface area contributed by atoms with Crippen LogP contribution in [-0.4, -0.2) is 47.7 Å². The van der Waals surface area contributed by atoms with Gasteiger partial charge in [0, 0.05) is 24.9 Å². The van der Waals surface area contributed by atoms with Gasteiger partial charge in [0.15, 0.2) is 0 Å². The Labute approximate surface area is 145 Å². The Kier molecular flexibility index (Phi) is 4.46. The number of rotatable bonds is 4. The first-order chi connectivity index (χ1) is 12.2.